The van der Waals surface area contributed by atoms with Gasteiger partial charge in [-0.1, -0.05) is 95.9 Å². The van der Waals surface area contributed by atoms with Crippen molar-refractivity contribution < 1.29 is 9.84 Å². The fourth-order valence-electron chi connectivity index (χ4n) is 3.77. The van der Waals surface area contributed by atoms with Crippen LogP contribution >= 0.6 is 0 Å². The molecule has 0 aliphatic carbocycles. The SMILES string of the molecule is CCCCCCCCCCCCc1c(CC)ccc(O)c1Oc1ccccc1. The summed E-state index contributed by atoms with van der Waals surface area (Å²) < 4.78 is 6.08. The zero-order valence-electron chi connectivity index (χ0n) is 17.9. The van der Waals surface area contributed by atoms with Gasteiger partial charge in [0.1, 0.15) is 5.75 Å². The number of benzene rings is 2. The van der Waals surface area contributed by atoms with E-state index in [1.54, 1.807) is 6.07 Å². The van der Waals surface area contributed by atoms with E-state index in [2.05, 4.69) is 13.8 Å². The predicted molar refractivity (Wildman–Crippen MR) is 120 cm³/mol. The van der Waals surface area contributed by atoms with Crippen molar-refractivity contribution in [2.75, 3.05) is 0 Å². The van der Waals surface area contributed by atoms with E-state index in [0.717, 1.165) is 25.0 Å². The van der Waals surface area contributed by atoms with Crippen LogP contribution in [0.1, 0.15) is 89.2 Å². The molecule has 0 aliphatic rings. The second kappa shape index (κ2) is 13.3. The average molecular weight is 383 g/mol. The van der Waals surface area contributed by atoms with Crippen molar-refractivity contribution in [3.05, 3.63) is 53.6 Å². The van der Waals surface area contributed by atoms with Gasteiger partial charge < -0.3 is 9.84 Å². The summed E-state index contributed by atoms with van der Waals surface area (Å²) >= 11 is 0. The zero-order chi connectivity index (χ0) is 20.0. The Hall–Kier alpha value is -1.96. The van der Waals surface area contributed by atoms with Gasteiger partial charge in [0.15, 0.2) is 11.5 Å². The molecule has 0 amide bonds. The summed E-state index contributed by atoms with van der Waals surface area (Å²) in [5.74, 6) is 1.65. The van der Waals surface area contributed by atoms with Crippen molar-refractivity contribution in [1.82, 2.24) is 0 Å². The van der Waals surface area contributed by atoms with E-state index >= 15 is 0 Å². The van der Waals surface area contributed by atoms with E-state index < -0.39 is 0 Å². The van der Waals surface area contributed by atoms with Gasteiger partial charge >= 0.3 is 0 Å². The highest BCUT2D eigenvalue weighted by molar-refractivity contribution is 5.52. The summed E-state index contributed by atoms with van der Waals surface area (Å²) in [6.07, 6.45) is 15.3. The third kappa shape index (κ3) is 7.58. The number of para-hydroxylation sites is 1. The Bertz CT molecular complexity index is 664. The molecule has 2 aromatic carbocycles. The van der Waals surface area contributed by atoms with Gasteiger partial charge in [0.25, 0.3) is 0 Å². The van der Waals surface area contributed by atoms with Crippen molar-refractivity contribution >= 4 is 0 Å². The van der Waals surface area contributed by atoms with Crippen molar-refractivity contribution in [2.45, 2.75) is 90.9 Å². The van der Waals surface area contributed by atoms with Gasteiger partial charge in [-0.3, -0.25) is 0 Å². The van der Waals surface area contributed by atoms with E-state index in [1.165, 1.54) is 68.9 Å². The second-order valence-corrected chi connectivity index (χ2v) is 7.75. The average Bonchev–Trinajstić information content (AvgIpc) is 2.72. The molecule has 0 saturated carbocycles. The van der Waals surface area contributed by atoms with Crippen LogP contribution in [0, 0.1) is 0 Å². The number of hydrogen-bond donors (Lipinski definition) is 1. The lowest BCUT2D eigenvalue weighted by Crippen LogP contribution is -1.99. The molecule has 0 heterocycles. The van der Waals surface area contributed by atoms with Crippen LogP contribution < -0.4 is 4.74 Å². The minimum atomic E-state index is 0.239. The van der Waals surface area contributed by atoms with Gasteiger partial charge in [0, 0.05) is 5.56 Å². The van der Waals surface area contributed by atoms with Gasteiger partial charge in [-0.25, -0.2) is 0 Å². The molecule has 2 rings (SSSR count). The Balaban J connectivity index is 1.84. The Morgan fingerprint density at radius 3 is 1.93 bits per heavy atom. The molecule has 28 heavy (non-hydrogen) atoms. The quantitative estimate of drug-likeness (QED) is 0.333. The first kappa shape index (κ1) is 22.3. The summed E-state index contributed by atoms with van der Waals surface area (Å²) in [5.41, 5.74) is 2.45. The molecule has 0 aromatic heterocycles. The standard InChI is InChI=1S/C26H38O2/c1-3-5-6-7-8-9-10-11-12-16-19-24-22(4-2)20-21-25(27)26(24)28-23-17-14-13-15-18-23/h13-15,17-18,20-21,27H,3-12,16,19H2,1-2H3. The van der Waals surface area contributed by atoms with Gasteiger partial charge in [-0.2, -0.15) is 0 Å². The fourth-order valence-corrected chi connectivity index (χ4v) is 3.77. The second-order valence-electron chi connectivity index (χ2n) is 7.75. The summed E-state index contributed by atoms with van der Waals surface area (Å²) in [4.78, 5) is 0. The lowest BCUT2D eigenvalue weighted by atomic mass is 9.97. The van der Waals surface area contributed by atoms with E-state index in [9.17, 15) is 5.11 Å². The summed E-state index contributed by atoms with van der Waals surface area (Å²) in [6, 6.07) is 13.6. The smallest absolute Gasteiger partial charge is 0.172 e. The molecule has 2 nitrogen and oxygen atoms in total. The molecular formula is C26H38O2. The highest BCUT2D eigenvalue weighted by Crippen LogP contribution is 2.37. The first-order valence-corrected chi connectivity index (χ1v) is 11.3. The van der Waals surface area contributed by atoms with E-state index in [4.69, 9.17) is 4.74 Å². The minimum Gasteiger partial charge on any atom is -0.504 e. The van der Waals surface area contributed by atoms with Gasteiger partial charge in [0.2, 0.25) is 0 Å². The van der Waals surface area contributed by atoms with Crippen LogP contribution in [0.4, 0.5) is 0 Å². The first-order chi connectivity index (χ1) is 13.8. The topological polar surface area (TPSA) is 29.5 Å². The lowest BCUT2D eigenvalue weighted by Gasteiger charge is -2.16. The number of aromatic hydroxyl groups is 1. The van der Waals surface area contributed by atoms with Crippen molar-refractivity contribution in [3.8, 4) is 17.2 Å². The van der Waals surface area contributed by atoms with Crippen LogP contribution in [-0.4, -0.2) is 5.11 Å². The molecule has 0 fully saturated rings. The largest absolute Gasteiger partial charge is 0.504 e. The van der Waals surface area contributed by atoms with Crippen LogP contribution in [0.5, 0.6) is 17.2 Å². The molecule has 2 heteroatoms. The van der Waals surface area contributed by atoms with Gasteiger partial charge in [-0.05, 0) is 43.0 Å². The number of phenolic OH excluding ortho intramolecular Hbond substituents is 1. The molecule has 2 aromatic rings. The number of hydrogen-bond acceptors (Lipinski definition) is 2. The maximum absolute atomic E-state index is 10.4. The Morgan fingerprint density at radius 1 is 0.714 bits per heavy atom. The van der Waals surface area contributed by atoms with Crippen LogP contribution in [-0.2, 0) is 12.8 Å². The predicted octanol–water partition coefficient (Wildman–Crippen LogP) is 8.21. The fraction of sp³-hybridized carbons (Fsp3) is 0.538. The molecular weight excluding hydrogens is 344 g/mol. The maximum atomic E-state index is 10.4. The van der Waals surface area contributed by atoms with Gasteiger partial charge in [0.05, 0.1) is 0 Å². The molecule has 154 valence electrons. The molecule has 0 atom stereocenters. The van der Waals surface area contributed by atoms with Crippen LogP contribution in [0.15, 0.2) is 42.5 Å². The monoisotopic (exact) mass is 382 g/mol. The number of unbranched alkanes of at least 4 members (excludes halogenated alkanes) is 9. The van der Waals surface area contributed by atoms with Gasteiger partial charge in [-0.15, -0.1) is 0 Å². The number of phenols is 1. The molecule has 0 aliphatic heterocycles. The summed E-state index contributed by atoms with van der Waals surface area (Å²) in [6.45, 7) is 4.44. The van der Waals surface area contributed by atoms with Crippen LogP contribution in [0.2, 0.25) is 0 Å². The zero-order valence-corrected chi connectivity index (χ0v) is 17.9. The lowest BCUT2D eigenvalue weighted by molar-refractivity contribution is 0.405. The first-order valence-electron chi connectivity index (χ1n) is 11.3. The normalized spacial score (nSPS) is 10.9. The van der Waals surface area contributed by atoms with Crippen LogP contribution in [0.3, 0.4) is 0 Å². The molecule has 0 saturated heterocycles. The third-order valence-electron chi connectivity index (χ3n) is 5.46. The Kier molecular flexibility index (Phi) is 10.6. The Labute approximate surface area is 172 Å². The Morgan fingerprint density at radius 2 is 1.32 bits per heavy atom. The molecule has 0 spiro atoms. The van der Waals surface area contributed by atoms with E-state index in [-0.39, 0.29) is 5.75 Å². The molecule has 0 radical (unpaired) electrons. The third-order valence-corrected chi connectivity index (χ3v) is 5.46. The maximum Gasteiger partial charge on any atom is 0.172 e. The van der Waals surface area contributed by atoms with Crippen molar-refractivity contribution in [3.63, 3.8) is 0 Å². The van der Waals surface area contributed by atoms with E-state index in [1.807, 2.05) is 36.4 Å². The number of ether oxygens (including phenoxy) is 1. The van der Waals surface area contributed by atoms with E-state index in [0.29, 0.717) is 5.75 Å². The molecule has 1 N–H and O–H groups in total. The van der Waals surface area contributed by atoms with Crippen molar-refractivity contribution in [1.29, 1.82) is 0 Å². The number of aryl methyl sites for hydroxylation is 1. The minimum absolute atomic E-state index is 0.239. The summed E-state index contributed by atoms with van der Waals surface area (Å²) in [7, 11) is 0. The molecule has 0 bridgehead atoms. The van der Waals surface area contributed by atoms with Crippen molar-refractivity contribution in [2.24, 2.45) is 0 Å². The highest BCUT2D eigenvalue weighted by atomic mass is 16.5. The molecule has 0 unspecified atom stereocenters. The van der Waals surface area contributed by atoms with Crippen LogP contribution in [0.25, 0.3) is 0 Å². The number of rotatable bonds is 14. The summed E-state index contributed by atoms with van der Waals surface area (Å²) in [5, 5.41) is 10.4. The highest BCUT2D eigenvalue weighted by Gasteiger charge is 2.14.